The third-order valence-electron chi connectivity index (χ3n) is 7.48. The van der Waals surface area contributed by atoms with Gasteiger partial charge < -0.3 is 25.3 Å². The number of amides is 3. The lowest BCUT2D eigenvalue weighted by Gasteiger charge is -2.42. The first kappa shape index (κ1) is 33.3. The normalized spacial score (nSPS) is 16.0. The van der Waals surface area contributed by atoms with Gasteiger partial charge in [-0.15, -0.1) is 0 Å². The fourth-order valence-corrected chi connectivity index (χ4v) is 6.78. The van der Waals surface area contributed by atoms with Gasteiger partial charge in [0.2, 0.25) is 5.06 Å². The molecule has 0 fully saturated rings. The lowest BCUT2D eigenvalue weighted by Crippen LogP contribution is -2.59. The second-order valence-electron chi connectivity index (χ2n) is 10.7. The molecule has 9 nitrogen and oxygen atoms in total. The van der Waals surface area contributed by atoms with Crippen molar-refractivity contribution in [2.45, 2.75) is 42.6 Å². The van der Waals surface area contributed by atoms with Crippen molar-refractivity contribution in [3.63, 3.8) is 0 Å². The number of hydrazine groups is 1. The second-order valence-corrected chi connectivity index (χ2v) is 12.9. The average molecular weight is 682 g/mol. The Hall–Kier alpha value is -4.09. The minimum atomic E-state index is -1.09. The fraction of sp³-hybridized carbons (Fsp3) is 0.235. The summed E-state index contributed by atoms with van der Waals surface area (Å²) in [6.45, 7) is 2.35. The van der Waals surface area contributed by atoms with Crippen LogP contribution in [0.5, 0.6) is 11.5 Å². The van der Waals surface area contributed by atoms with E-state index in [4.69, 9.17) is 43.1 Å². The van der Waals surface area contributed by atoms with Crippen molar-refractivity contribution in [1.82, 2.24) is 10.3 Å². The highest BCUT2D eigenvalue weighted by Gasteiger charge is 2.47. The maximum absolute atomic E-state index is 14.1. The number of carbonyl (C=O) groups excluding carboxylic acids is 2. The third-order valence-corrected chi connectivity index (χ3v) is 9.44. The number of benzene rings is 4. The zero-order valence-electron chi connectivity index (χ0n) is 25.5. The first-order chi connectivity index (χ1) is 22.1. The second kappa shape index (κ2) is 14.6. The molecule has 5 rings (SSSR count). The highest BCUT2D eigenvalue weighted by Crippen LogP contribution is 2.53. The summed E-state index contributed by atoms with van der Waals surface area (Å²) in [7, 11) is 3.22. The van der Waals surface area contributed by atoms with Gasteiger partial charge in [-0.05, 0) is 60.5 Å². The number of methoxy groups -OCH3 is 1. The van der Waals surface area contributed by atoms with Gasteiger partial charge in [0.1, 0.15) is 24.1 Å². The van der Waals surface area contributed by atoms with Crippen LogP contribution in [-0.2, 0) is 29.2 Å². The maximum Gasteiger partial charge on any atom is 0.312 e. The Morgan fingerprint density at radius 1 is 0.935 bits per heavy atom. The van der Waals surface area contributed by atoms with Gasteiger partial charge in [-0.25, -0.2) is 9.80 Å². The van der Waals surface area contributed by atoms with E-state index in [0.29, 0.717) is 21.5 Å². The Kier molecular flexibility index (Phi) is 10.5. The monoisotopic (exact) mass is 680 g/mol. The molecule has 46 heavy (non-hydrogen) atoms. The average Bonchev–Trinajstić information content (AvgIpc) is 3.34. The molecule has 1 aliphatic heterocycles. The SMILES string of the molecule is COc1ccc(CC(NC(N)=O)C(=O)N(C)N2c3ccc(OCc4ccccc4Cl)cc3SC2(C)OCc2ccccc2Cl)cc1. The molecule has 2 atom stereocenters. The highest BCUT2D eigenvalue weighted by atomic mass is 35.5. The van der Waals surface area contributed by atoms with Crippen molar-refractivity contribution in [1.29, 1.82) is 0 Å². The minimum Gasteiger partial charge on any atom is -0.497 e. The van der Waals surface area contributed by atoms with E-state index in [-0.39, 0.29) is 19.6 Å². The number of rotatable bonds is 12. The third kappa shape index (κ3) is 7.64. The van der Waals surface area contributed by atoms with Crippen molar-refractivity contribution in [2.24, 2.45) is 5.73 Å². The number of hydrogen-bond donors (Lipinski definition) is 2. The van der Waals surface area contributed by atoms with E-state index in [2.05, 4.69) is 5.32 Å². The first-order valence-corrected chi connectivity index (χ1v) is 16.0. The van der Waals surface area contributed by atoms with Crippen LogP contribution in [0, 0.1) is 0 Å². The quantitative estimate of drug-likeness (QED) is 0.165. The molecule has 240 valence electrons. The standard InChI is InChI=1S/C34H34Cl2N4O5S/c1-34(45-21-24-9-5-7-11-28(24)36)40(30-17-16-26(19-31(30)46-34)44-20-23-8-4-6-10-27(23)35)39(2)32(41)29(38-33(37)42)18-22-12-14-25(43-3)15-13-22/h4-17,19,29H,18,20-21H2,1-3H3,(H3,37,38,42). The predicted octanol–water partition coefficient (Wildman–Crippen LogP) is 7.04. The molecule has 2 unspecified atom stereocenters. The van der Waals surface area contributed by atoms with Crippen molar-refractivity contribution in [3.8, 4) is 11.5 Å². The smallest absolute Gasteiger partial charge is 0.312 e. The summed E-state index contributed by atoms with van der Waals surface area (Å²) in [6, 6.07) is 26.0. The topological polar surface area (TPSA) is 106 Å². The van der Waals surface area contributed by atoms with Gasteiger partial charge in [0, 0.05) is 34.0 Å². The van der Waals surface area contributed by atoms with E-state index in [1.807, 2.05) is 79.7 Å². The lowest BCUT2D eigenvalue weighted by atomic mass is 10.0. The molecule has 3 amide bonds. The van der Waals surface area contributed by atoms with Crippen LogP contribution in [0.25, 0.3) is 0 Å². The van der Waals surface area contributed by atoms with E-state index >= 15 is 0 Å². The number of thioether (sulfide) groups is 1. The molecule has 0 bridgehead atoms. The molecule has 0 aromatic heterocycles. The number of ether oxygens (including phenoxy) is 3. The zero-order chi connectivity index (χ0) is 32.8. The van der Waals surface area contributed by atoms with Crippen LogP contribution in [0.3, 0.4) is 0 Å². The van der Waals surface area contributed by atoms with E-state index < -0.39 is 23.0 Å². The van der Waals surface area contributed by atoms with Crippen LogP contribution in [0.1, 0.15) is 23.6 Å². The molecule has 0 saturated carbocycles. The summed E-state index contributed by atoms with van der Waals surface area (Å²) < 4.78 is 17.9. The number of hydrogen-bond acceptors (Lipinski definition) is 7. The lowest BCUT2D eigenvalue weighted by molar-refractivity contribution is -0.135. The number of nitrogens with one attached hydrogen (secondary N) is 1. The Balaban J connectivity index is 1.44. The van der Waals surface area contributed by atoms with Gasteiger partial charge >= 0.3 is 6.03 Å². The van der Waals surface area contributed by atoms with Gasteiger partial charge in [-0.2, -0.15) is 0 Å². The number of carbonyl (C=O) groups is 2. The molecular formula is C34H34Cl2N4O5S. The van der Waals surface area contributed by atoms with Gasteiger partial charge in [0.25, 0.3) is 5.91 Å². The van der Waals surface area contributed by atoms with Gasteiger partial charge in [0.15, 0.2) is 0 Å². The van der Waals surface area contributed by atoms with Crippen molar-refractivity contribution < 1.29 is 23.8 Å². The Morgan fingerprint density at radius 3 is 2.15 bits per heavy atom. The van der Waals surface area contributed by atoms with Crippen molar-refractivity contribution >= 4 is 52.6 Å². The molecule has 1 aliphatic rings. The molecule has 0 saturated heterocycles. The first-order valence-electron chi connectivity index (χ1n) is 14.4. The predicted molar refractivity (Wildman–Crippen MR) is 181 cm³/mol. The van der Waals surface area contributed by atoms with Crippen LogP contribution in [0.15, 0.2) is 95.9 Å². The van der Waals surface area contributed by atoms with E-state index in [9.17, 15) is 9.59 Å². The summed E-state index contributed by atoms with van der Waals surface area (Å²) >= 11 is 14.2. The van der Waals surface area contributed by atoms with Crippen molar-refractivity contribution in [3.05, 3.63) is 118 Å². The van der Waals surface area contributed by atoms with E-state index in [1.54, 1.807) is 37.4 Å². The summed E-state index contributed by atoms with van der Waals surface area (Å²) in [4.78, 5) is 27.0. The number of urea groups is 1. The number of halogens is 2. The Labute approximate surface area is 282 Å². The van der Waals surface area contributed by atoms with E-state index in [1.165, 1.54) is 16.8 Å². The van der Waals surface area contributed by atoms with Crippen LogP contribution in [0.2, 0.25) is 10.0 Å². The van der Waals surface area contributed by atoms with Crippen molar-refractivity contribution in [2.75, 3.05) is 19.2 Å². The molecule has 1 heterocycles. The summed E-state index contributed by atoms with van der Waals surface area (Å²) in [5.41, 5.74) is 8.71. The number of anilines is 1. The minimum absolute atomic E-state index is 0.181. The number of nitrogens with two attached hydrogens (primary N) is 1. The van der Waals surface area contributed by atoms with Crippen LogP contribution < -0.4 is 25.5 Å². The van der Waals surface area contributed by atoms with Crippen LogP contribution in [-0.4, -0.2) is 42.2 Å². The Bertz CT molecular complexity index is 1710. The number of likely N-dealkylation sites (N-methyl/N-ethyl adjacent to an activating group) is 1. The fourth-order valence-electron chi connectivity index (χ4n) is 5.13. The summed E-state index contributed by atoms with van der Waals surface area (Å²) in [5, 5.41) is 5.95. The number of fused-ring (bicyclic) bond motifs is 1. The summed E-state index contributed by atoms with van der Waals surface area (Å²) in [6.07, 6.45) is 0.204. The molecular weight excluding hydrogens is 647 g/mol. The molecule has 0 aliphatic carbocycles. The molecule has 0 radical (unpaired) electrons. The van der Waals surface area contributed by atoms with Gasteiger partial charge in [-0.3, -0.25) is 9.80 Å². The van der Waals surface area contributed by atoms with Gasteiger partial charge in [0.05, 0.1) is 19.4 Å². The highest BCUT2D eigenvalue weighted by molar-refractivity contribution is 8.01. The summed E-state index contributed by atoms with van der Waals surface area (Å²) in [5.74, 6) is 0.914. The number of primary amides is 1. The Morgan fingerprint density at radius 2 is 1.54 bits per heavy atom. The molecule has 4 aromatic carbocycles. The molecule has 4 aromatic rings. The van der Waals surface area contributed by atoms with Crippen LogP contribution in [0.4, 0.5) is 10.5 Å². The number of nitrogens with zero attached hydrogens (tertiary/aromatic N) is 2. The molecule has 12 heteroatoms. The largest absolute Gasteiger partial charge is 0.497 e. The van der Waals surface area contributed by atoms with Crippen LogP contribution >= 0.6 is 35.0 Å². The molecule has 3 N–H and O–H groups in total. The van der Waals surface area contributed by atoms with Gasteiger partial charge in [-0.1, -0.05) is 83.5 Å². The maximum atomic E-state index is 14.1. The van der Waals surface area contributed by atoms with E-state index in [0.717, 1.165) is 27.3 Å². The molecule has 0 spiro atoms. The zero-order valence-corrected chi connectivity index (χ0v) is 27.9.